The van der Waals surface area contributed by atoms with Crippen LogP contribution in [0.25, 0.3) is 0 Å². The molecule has 3 rings (SSSR count). The number of carbonyl (C=O) groups excluding carboxylic acids is 1. The van der Waals surface area contributed by atoms with E-state index in [0.717, 1.165) is 16.9 Å². The number of nitriles is 1. The molecule has 0 bridgehead atoms. The molecular weight excluding hydrogens is 348 g/mol. The molecule has 0 saturated carbocycles. The zero-order valence-electron chi connectivity index (χ0n) is 16.0. The van der Waals surface area contributed by atoms with Crippen LogP contribution in [0, 0.1) is 11.3 Å². The molecule has 140 valence electrons. The second-order valence-corrected chi connectivity index (χ2v) is 6.76. The summed E-state index contributed by atoms with van der Waals surface area (Å²) in [5.74, 6) is -0.0937. The molecule has 5 nitrogen and oxygen atoms in total. The lowest BCUT2D eigenvalue weighted by molar-refractivity contribution is 0.0684. The van der Waals surface area contributed by atoms with Crippen molar-refractivity contribution in [2.75, 3.05) is 5.32 Å². The van der Waals surface area contributed by atoms with Crippen LogP contribution in [0.4, 0.5) is 11.4 Å². The summed E-state index contributed by atoms with van der Waals surface area (Å²) in [6.45, 7) is 4.55. The summed E-state index contributed by atoms with van der Waals surface area (Å²) >= 11 is 0. The molecule has 0 radical (unpaired) electrons. The highest BCUT2D eigenvalue weighted by Crippen LogP contribution is 2.18. The molecule has 1 N–H and O–H groups in total. The fourth-order valence-electron chi connectivity index (χ4n) is 2.81. The average molecular weight is 370 g/mol. The smallest absolute Gasteiger partial charge is 0.272 e. The number of nitrogens with one attached hydrogen (secondary N) is 1. The number of hydrogen-bond donors (Lipinski definition) is 1. The minimum Gasteiger partial charge on any atom is -0.354 e. The first-order valence-corrected chi connectivity index (χ1v) is 9.15. The van der Waals surface area contributed by atoms with Gasteiger partial charge in [-0.25, -0.2) is 4.98 Å². The van der Waals surface area contributed by atoms with Crippen LogP contribution in [0.15, 0.2) is 72.9 Å². The number of carbonyl (C=O) groups is 1. The molecule has 0 atom stereocenters. The Morgan fingerprint density at radius 3 is 2.29 bits per heavy atom. The lowest BCUT2D eigenvalue weighted by Gasteiger charge is -2.26. The van der Waals surface area contributed by atoms with E-state index in [-0.39, 0.29) is 11.9 Å². The van der Waals surface area contributed by atoms with E-state index in [1.807, 2.05) is 67.3 Å². The molecule has 1 heterocycles. The number of aromatic nitrogens is 1. The lowest BCUT2D eigenvalue weighted by Crippen LogP contribution is -2.36. The molecule has 0 fully saturated rings. The Hall–Kier alpha value is -3.65. The minimum atomic E-state index is -0.0937. The SMILES string of the molecule is CC(C)N(Cc1ccccc1)C(=O)c1ccc(Nc2ccc(C#N)cc2)cn1. The van der Waals surface area contributed by atoms with E-state index in [4.69, 9.17) is 5.26 Å². The maximum atomic E-state index is 12.9. The Labute approximate surface area is 165 Å². The maximum Gasteiger partial charge on any atom is 0.272 e. The van der Waals surface area contributed by atoms with Crippen LogP contribution in [-0.4, -0.2) is 21.8 Å². The summed E-state index contributed by atoms with van der Waals surface area (Å²) in [5.41, 5.74) is 3.74. The van der Waals surface area contributed by atoms with Crippen LogP contribution in [0.3, 0.4) is 0 Å². The number of amides is 1. The van der Waals surface area contributed by atoms with Crippen molar-refractivity contribution >= 4 is 17.3 Å². The van der Waals surface area contributed by atoms with E-state index in [2.05, 4.69) is 16.4 Å². The van der Waals surface area contributed by atoms with Crippen LogP contribution >= 0.6 is 0 Å². The normalized spacial score (nSPS) is 10.4. The quantitative estimate of drug-likeness (QED) is 0.680. The van der Waals surface area contributed by atoms with Crippen molar-refractivity contribution in [3.63, 3.8) is 0 Å². The van der Waals surface area contributed by atoms with E-state index < -0.39 is 0 Å². The fourth-order valence-corrected chi connectivity index (χ4v) is 2.81. The molecule has 1 aromatic heterocycles. The summed E-state index contributed by atoms with van der Waals surface area (Å²) in [6.07, 6.45) is 1.65. The molecule has 5 heteroatoms. The highest BCUT2D eigenvalue weighted by atomic mass is 16.2. The van der Waals surface area contributed by atoms with Gasteiger partial charge in [-0.15, -0.1) is 0 Å². The minimum absolute atomic E-state index is 0.0611. The predicted molar refractivity (Wildman–Crippen MR) is 110 cm³/mol. The van der Waals surface area contributed by atoms with Crippen molar-refractivity contribution in [2.45, 2.75) is 26.4 Å². The summed E-state index contributed by atoms with van der Waals surface area (Å²) in [6, 6.07) is 22.8. The average Bonchev–Trinajstić information content (AvgIpc) is 2.73. The van der Waals surface area contributed by atoms with Gasteiger partial charge in [0.2, 0.25) is 0 Å². The molecule has 1 amide bonds. The molecule has 2 aromatic carbocycles. The monoisotopic (exact) mass is 370 g/mol. The summed E-state index contributed by atoms with van der Waals surface area (Å²) in [5, 5.41) is 12.1. The van der Waals surface area contributed by atoms with Gasteiger partial charge >= 0.3 is 0 Å². The number of anilines is 2. The van der Waals surface area contributed by atoms with Gasteiger partial charge in [-0.3, -0.25) is 4.79 Å². The molecule has 0 saturated heterocycles. The highest BCUT2D eigenvalue weighted by Gasteiger charge is 2.20. The second kappa shape index (κ2) is 8.83. The first kappa shape index (κ1) is 19.1. The van der Waals surface area contributed by atoms with E-state index in [1.54, 1.807) is 24.4 Å². The molecular formula is C23H22N4O. The third kappa shape index (κ3) is 4.74. The third-order valence-corrected chi connectivity index (χ3v) is 4.37. The lowest BCUT2D eigenvalue weighted by atomic mass is 10.1. The maximum absolute atomic E-state index is 12.9. The van der Waals surface area contributed by atoms with Gasteiger partial charge in [0.25, 0.3) is 5.91 Å². The fraction of sp³-hybridized carbons (Fsp3) is 0.174. The van der Waals surface area contributed by atoms with Crippen molar-refractivity contribution in [3.8, 4) is 6.07 Å². The van der Waals surface area contributed by atoms with Crippen LogP contribution in [0.1, 0.15) is 35.5 Å². The van der Waals surface area contributed by atoms with Crippen molar-refractivity contribution < 1.29 is 4.79 Å². The van der Waals surface area contributed by atoms with Gasteiger partial charge in [-0.2, -0.15) is 5.26 Å². The highest BCUT2D eigenvalue weighted by molar-refractivity contribution is 5.92. The number of nitrogens with zero attached hydrogens (tertiary/aromatic N) is 3. The second-order valence-electron chi connectivity index (χ2n) is 6.76. The van der Waals surface area contributed by atoms with E-state index in [1.165, 1.54) is 0 Å². The van der Waals surface area contributed by atoms with Gasteiger partial charge in [0.15, 0.2) is 0 Å². The van der Waals surface area contributed by atoms with Gasteiger partial charge in [-0.05, 0) is 55.8 Å². The molecule has 28 heavy (non-hydrogen) atoms. The first-order valence-electron chi connectivity index (χ1n) is 9.15. The van der Waals surface area contributed by atoms with Gasteiger partial charge in [0.1, 0.15) is 5.69 Å². The van der Waals surface area contributed by atoms with Gasteiger partial charge < -0.3 is 10.2 Å². The van der Waals surface area contributed by atoms with E-state index in [0.29, 0.717) is 17.8 Å². The van der Waals surface area contributed by atoms with Crippen molar-refractivity contribution in [1.29, 1.82) is 5.26 Å². The Kier molecular flexibility index (Phi) is 6.03. The number of pyridine rings is 1. The van der Waals surface area contributed by atoms with E-state index in [9.17, 15) is 4.79 Å². The van der Waals surface area contributed by atoms with Gasteiger partial charge in [-0.1, -0.05) is 30.3 Å². The van der Waals surface area contributed by atoms with Crippen LogP contribution in [-0.2, 0) is 6.54 Å². The summed E-state index contributed by atoms with van der Waals surface area (Å²) in [7, 11) is 0. The molecule has 0 aliphatic carbocycles. The third-order valence-electron chi connectivity index (χ3n) is 4.37. The number of rotatable bonds is 6. The largest absolute Gasteiger partial charge is 0.354 e. The van der Waals surface area contributed by atoms with Gasteiger partial charge in [0.05, 0.1) is 23.5 Å². The zero-order chi connectivity index (χ0) is 19.9. The van der Waals surface area contributed by atoms with Crippen molar-refractivity contribution in [1.82, 2.24) is 9.88 Å². The summed E-state index contributed by atoms with van der Waals surface area (Å²) < 4.78 is 0. The Morgan fingerprint density at radius 1 is 1.04 bits per heavy atom. The first-order chi connectivity index (χ1) is 13.6. The van der Waals surface area contributed by atoms with Crippen molar-refractivity contribution in [3.05, 3.63) is 89.7 Å². The Bertz CT molecular complexity index is 958. The standard InChI is InChI=1S/C23H22N4O/c1-17(2)27(16-19-6-4-3-5-7-19)23(28)22-13-12-21(15-25-22)26-20-10-8-18(14-24)9-11-20/h3-13,15,17,26H,16H2,1-2H3. The van der Waals surface area contributed by atoms with E-state index >= 15 is 0 Å². The van der Waals surface area contributed by atoms with Gasteiger partial charge in [0, 0.05) is 18.3 Å². The van der Waals surface area contributed by atoms with Crippen LogP contribution in [0.2, 0.25) is 0 Å². The summed E-state index contributed by atoms with van der Waals surface area (Å²) in [4.78, 5) is 19.1. The molecule has 0 spiro atoms. The molecule has 3 aromatic rings. The Morgan fingerprint density at radius 2 is 1.71 bits per heavy atom. The number of benzene rings is 2. The predicted octanol–water partition coefficient (Wildman–Crippen LogP) is 4.75. The van der Waals surface area contributed by atoms with Crippen LogP contribution in [0.5, 0.6) is 0 Å². The zero-order valence-corrected chi connectivity index (χ0v) is 16.0. The molecule has 0 aliphatic rings. The van der Waals surface area contributed by atoms with Crippen LogP contribution < -0.4 is 5.32 Å². The number of hydrogen-bond acceptors (Lipinski definition) is 4. The Balaban J connectivity index is 1.71. The topological polar surface area (TPSA) is 69.0 Å². The molecule has 0 aliphatic heterocycles. The van der Waals surface area contributed by atoms with Crippen molar-refractivity contribution in [2.24, 2.45) is 0 Å². The molecule has 0 unspecified atom stereocenters.